The lowest BCUT2D eigenvalue weighted by molar-refractivity contribution is 0.0478. The molecule has 0 atom stereocenters. The Hall–Kier alpha value is -0.690. The van der Waals surface area contributed by atoms with Gasteiger partial charge in [0.25, 0.3) is 0 Å². The molecule has 1 fully saturated rings. The fraction of sp³-hybridized carbons (Fsp3) is 0.889. The molecule has 0 unspecified atom stereocenters. The van der Waals surface area contributed by atoms with Crippen LogP contribution in [0.1, 0.15) is 12.8 Å². The lowest BCUT2D eigenvalue weighted by Gasteiger charge is -2.31. The van der Waals surface area contributed by atoms with Crippen molar-refractivity contribution < 1.29 is 4.74 Å². The van der Waals surface area contributed by atoms with Gasteiger partial charge in [0.15, 0.2) is 0 Å². The lowest BCUT2D eigenvalue weighted by atomic mass is 10.1. The minimum atomic E-state index is 0.384. The van der Waals surface area contributed by atoms with E-state index in [1.165, 1.54) is 0 Å². The molecule has 0 bridgehead atoms. The Bertz CT molecular complexity index is 323. The van der Waals surface area contributed by atoms with E-state index in [1.807, 2.05) is 7.05 Å². The number of rotatable bonds is 4. The van der Waals surface area contributed by atoms with Crippen LogP contribution in [-0.2, 0) is 11.8 Å². The van der Waals surface area contributed by atoms with Gasteiger partial charge in [-0.2, -0.15) is 0 Å². The molecule has 1 aromatic rings. The SMILES string of the molecule is Cn1nnnc1N1CCC(OCCBr)CC1. The average Bonchev–Trinajstić information content (AvgIpc) is 2.74. The summed E-state index contributed by atoms with van der Waals surface area (Å²) in [6, 6.07) is 0. The summed E-state index contributed by atoms with van der Waals surface area (Å²) in [6.45, 7) is 2.71. The Balaban J connectivity index is 1.83. The van der Waals surface area contributed by atoms with Crippen molar-refractivity contribution in [2.24, 2.45) is 7.05 Å². The molecular formula is C9H16BrN5O. The van der Waals surface area contributed by atoms with Crippen LogP contribution in [0.3, 0.4) is 0 Å². The van der Waals surface area contributed by atoms with Crippen molar-refractivity contribution in [3.63, 3.8) is 0 Å². The topological polar surface area (TPSA) is 56.1 Å². The molecule has 1 saturated heterocycles. The number of tetrazole rings is 1. The van der Waals surface area contributed by atoms with Crippen LogP contribution in [0.5, 0.6) is 0 Å². The second-order valence-electron chi connectivity index (χ2n) is 3.85. The molecule has 2 heterocycles. The zero-order valence-electron chi connectivity index (χ0n) is 9.34. The standard InChI is InChI=1S/C9H16BrN5O/c1-14-9(11-12-13-14)15-5-2-8(3-6-15)16-7-4-10/h8H,2-7H2,1H3. The summed E-state index contributed by atoms with van der Waals surface area (Å²) in [5.41, 5.74) is 0. The first-order valence-electron chi connectivity index (χ1n) is 5.46. The molecule has 0 amide bonds. The minimum Gasteiger partial charge on any atom is -0.377 e. The first-order chi connectivity index (χ1) is 7.81. The molecule has 90 valence electrons. The molecule has 1 aliphatic rings. The number of aryl methyl sites for hydroxylation is 1. The summed E-state index contributed by atoms with van der Waals surface area (Å²) in [4.78, 5) is 2.20. The summed E-state index contributed by atoms with van der Waals surface area (Å²) in [5, 5.41) is 12.4. The van der Waals surface area contributed by atoms with Crippen molar-refractivity contribution in [2.75, 3.05) is 29.9 Å². The smallest absolute Gasteiger partial charge is 0.245 e. The van der Waals surface area contributed by atoms with Crippen LogP contribution in [0.2, 0.25) is 0 Å². The van der Waals surface area contributed by atoms with Crippen molar-refractivity contribution in [3.8, 4) is 0 Å². The van der Waals surface area contributed by atoms with Gasteiger partial charge in [0.05, 0.1) is 12.7 Å². The molecule has 6 nitrogen and oxygen atoms in total. The predicted octanol–water partition coefficient (Wildman–Crippen LogP) is 0.590. The van der Waals surface area contributed by atoms with E-state index < -0.39 is 0 Å². The molecule has 2 rings (SSSR count). The van der Waals surface area contributed by atoms with E-state index in [-0.39, 0.29) is 0 Å². The largest absolute Gasteiger partial charge is 0.377 e. The van der Waals surface area contributed by atoms with Gasteiger partial charge in [0.1, 0.15) is 0 Å². The van der Waals surface area contributed by atoms with Crippen molar-refractivity contribution >= 4 is 21.9 Å². The molecule has 0 aliphatic carbocycles. The number of anilines is 1. The quantitative estimate of drug-likeness (QED) is 0.760. The first-order valence-corrected chi connectivity index (χ1v) is 6.58. The Morgan fingerprint density at radius 1 is 1.44 bits per heavy atom. The number of nitrogens with zero attached hydrogens (tertiary/aromatic N) is 5. The van der Waals surface area contributed by atoms with Crippen molar-refractivity contribution in [2.45, 2.75) is 18.9 Å². The van der Waals surface area contributed by atoms with Gasteiger partial charge >= 0.3 is 0 Å². The number of hydrogen-bond donors (Lipinski definition) is 0. The van der Waals surface area contributed by atoms with Gasteiger partial charge in [-0.05, 0) is 23.3 Å². The van der Waals surface area contributed by atoms with E-state index in [2.05, 4.69) is 36.4 Å². The van der Waals surface area contributed by atoms with Crippen LogP contribution in [0.15, 0.2) is 0 Å². The summed E-state index contributed by atoms with van der Waals surface area (Å²) in [5.74, 6) is 0.846. The van der Waals surface area contributed by atoms with Crippen LogP contribution in [0.4, 0.5) is 5.95 Å². The highest BCUT2D eigenvalue weighted by Crippen LogP contribution is 2.18. The van der Waals surface area contributed by atoms with E-state index in [9.17, 15) is 0 Å². The third-order valence-electron chi connectivity index (χ3n) is 2.75. The van der Waals surface area contributed by atoms with Gasteiger partial charge in [-0.25, -0.2) is 4.68 Å². The molecule has 0 radical (unpaired) electrons. The Morgan fingerprint density at radius 2 is 2.19 bits per heavy atom. The highest BCUT2D eigenvalue weighted by molar-refractivity contribution is 9.09. The van der Waals surface area contributed by atoms with Crippen molar-refractivity contribution in [1.82, 2.24) is 20.2 Å². The summed E-state index contributed by atoms with van der Waals surface area (Å²) in [7, 11) is 1.86. The number of halogens is 1. The maximum Gasteiger partial charge on any atom is 0.245 e. The molecule has 7 heteroatoms. The maximum absolute atomic E-state index is 5.70. The second kappa shape index (κ2) is 5.58. The fourth-order valence-electron chi connectivity index (χ4n) is 1.93. The summed E-state index contributed by atoms with van der Waals surface area (Å²) in [6.07, 6.45) is 2.47. The fourth-order valence-corrected chi connectivity index (χ4v) is 2.11. The van der Waals surface area contributed by atoms with E-state index in [0.29, 0.717) is 6.10 Å². The Labute approximate surface area is 103 Å². The van der Waals surface area contributed by atoms with Gasteiger partial charge in [-0.3, -0.25) is 0 Å². The van der Waals surface area contributed by atoms with Gasteiger partial charge < -0.3 is 9.64 Å². The summed E-state index contributed by atoms with van der Waals surface area (Å²) < 4.78 is 7.40. The molecular weight excluding hydrogens is 274 g/mol. The molecule has 0 saturated carbocycles. The normalized spacial score (nSPS) is 18.0. The number of piperidine rings is 1. The molecule has 0 aromatic carbocycles. The van der Waals surface area contributed by atoms with Crippen LogP contribution in [-0.4, -0.2) is 51.3 Å². The number of hydrogen-bond acceptors (Lipinski definition) is 5. The zero-order chi connectivity index (χ0) is 11.4. The molecule has 1 aromatic heterocycles. The van der Waals surface area contributed by atoms with Gasteiger partial charge in [-0.15, -0.1) is 0 Å². The average molecular weight is 290 g/mol. The highest BCUT2D eigenvalue weighted by Gasteiger charge is 2.22. The van der Waals surface area contributed by atoms with E-state index >= 15 is 0 Å². The molecule has 1 aliphatic heterocycles. The maximum atomic E-state index is 5.70. The third kappa shape index (κ3) is 2.70. The van der Waals surface area contributed by atoms with Crippen LogP contribution in [0.25, 0.3) is 0 Å². The van der Waals surface area contributed by atoms with Gasteiger partial charge in [0.2, 0.25) is 5.95 Å². The predicted molar refractivity (Wildman–Crippen MR) is 63.8 cm³/mol. The van der Waals surface area contributed by atoms with Crippen LogP contribution in [0, 0.1) is 0 Å². The van der Waals surface area contributed by atoms with E-state index in [4.69, 9.17) is 4.74 Å². The first kappa shape index (κ1) is 11.8. The van der Waals surface area contributed by atoms with Gasteiger partial charge in [-0.1, -0.05) is 21.0 Å². The monoisotopic (exact) mass is 289 g/mol. The third-order valence-corrected chi connectivity index (χ3v) is 3.08. The van der Waals surface area contributed by atoms with Gasteiger partial charge in [0, 0.05) is 25.5 Å². The molecule has 0 N–H and O–H groups in total. The Morgan fingerprint density at radius 3 is 2.75 bits per heavy atom. The number of ether oxygens (including phenoxy) is 1. The zero-order valence-corrected chi connectivity index (χ0v) is 10.9. The summed E-state index contributed by atoms with van der Waals surface area (Å²) >= 11 is 3.36. The van der Waals surface area contributed by atoms with Crippen LogP contribution < -0.4 is 4.90 Å². The number of alkyl halides is 1. The van der Waals surface area contributed by atoms with Crippen LogP contribution >= 0.6 is 15.9 Å². The second-order valence-corrected chi connectivity index (χ2v) is 4.64. The van der Waals surface area contributed by atoms with Crippen molar-refractivity contribution in [1.29, 1.82) is 0 Å². The van der Waals surface area contributed by atoms with E-state index in [0.717, 1.165) is 43.8 Å². The highest BCUT2D eigenvalue weighted by atomic mass is 79.9. The number of aromatic nitrogens is 4. The molecule has 16 heavy (non-hydrogen) atoms. The lowest BCUT2D eigenvalue weighted by Crippen LogP contribution is -2.38. The minimum absolute atomic E-state index is 0.384. The Kier molecular flexibility index (Phi) is 4.11. The van der Waals surface area contributed by atoms with Crippen molar-refractivity contribution in [3.05, 3.63) is 0 Å². The van der Waals surface area contributed by atoms with E-state index in [1.54, 1.807) is 4.68 Å². The molecule has 0 spiro atoms.